The maximum atomic E-state index is 13.0. The van der Waals surface area contributed by atoms with Gasteiger partial charge in [0, 0.05) is 24.5 Å². The first-order valence-corrected chi connectivity index (χ1v) is 11.3. The maximum absolute atomic E-state index is 13.0. The second-order valence-electron chi connectivity index (χ2n) is 7.58. The number of sulfonamides is 1. The van der Waals surface area contributed by atoms with Crippen molar-refractivity contribution in [3.05, 3.63) is 30.0 Å². The topological polar surface area (TPSA) is 79.6 Å². The summed E-state index contributed by atoms with van der Waals surface area (Å²) in [5.74, 6) is 0.0104. The summed E-state index contributed by atoms with van der Waals surface area (Å²) in [6.45, 7) is 1.14. The van der Waals surface area contributed by atoms with Crippen LogP contribution in [0.4, 0.5) is 0 Å². The Morgan fingerprint density at radius 1 is 1.00 bits per heavy atom. The van der Waals surface area contributed by atoms with Gasteiger partial charge in [0.1, 0.15) is 5.58 Å². The van der Waals surface area contributed by atoms with E-state index in [-0.39, 0.29) is 22.6 Å². The molecule has 0 unspecified atom stereocenters. The number of nitrogens with one attached hydrogen (secondary N) is 1. The number of amides is 1. The zero-order valence-electron chi connectivity index (χ0n) is 15.4. The van der Waals surface area contributed by atoms with Gasteiger partial charge in [0.15, 0.2) is 5.76 Å². The van der Waals surface area contributed by atoms with Gasteiger partial charge in [0.2, 0.25) is 10.0 Å². The number of benzene rings is 1. The third-order valence-electron chi connectivity index (χ3n) is 5.60. The Labute approximate surface area is 160 Å². The zero-order valence-corrected chi connectivity index (χ0v) is 16.3. The van der Waals surface area contributed by atoms with E-state index in [4.69, 9.17) is 4.42 Å². The first kappa shape index (κ1) is 18.5. The Morgan fingerprint density at radius 2 is 1.70 bits per heavy atom. The molecule has 2 fully saturated rings. The van der Waals surface area contributed by atoms with E-state index in [0.717, 1.165) is 51.4 Å². The molecule has 1 aliphatic heterocycles. The number of carbonyl (C=O) groups excluding carboxylic acids is 1. The fourth-order valence-electron chi connectivity index (χ4n) is 4.05. The Hall–Kier alpha value is -1.86. The van der Waals surface area contributed by atoms with Crippen LogP contribution in [0.15, 0.2) is 33.6 Å². The van der Waals surface area contributed by atoms with E-state index < -0.39 is 10.0 Å². The average molecular weight is 391 g/mol. The van der Waals surface area contributed by atoms with E-state index in [2.05, 4.69) is 5.32 Å². The normalized spacial score (nSPS) is 20.0. The van der Waals surface area contributed by atoms with Gasteiger partial charge in [-0.25, -0.2) is 8.42 Å². The molecule has 1 N–H and O–H groups in total. The van der Waals surface area contributed by atoms with Crippen molar-refractivity contribution in [2.45, 2.75) is 62.3 Å². The highest BCUT2D eigenvalue weighted by atomic mass is 32.2. The molecule has 1 aromatic carbocycles. The molecule has 1 aromatic heterocycles. The predicted octanol–water partition coefficient (Wildman–Crippen LogP) is 3.67. The van der Waals surface area contributed by atoms with Crippen molar-refractivity contribution in [1.82, 2.24) is 9.62 Å². The number of hydrogen-bond acceptors (Lipinski definition) is 4. The Morgan fingerprint density at radius 3 is 2.41 bits per heavy atom. The van der Waals surface area contributed by atoms with Gasteiger partial charge >= 0.3 is 0 Å². The molecule has 146 valence electrons. The molecule has 6 nitrogen and oxygen atoms in total. The Kier molecular flexibility index (Phi) is 5.23. The molecular weight excluding hydrogens is 364 g/mol. The van der Waals surface area contributed by atoms with Gasteiger partial charge < -0.3 is 9.73 Å². The molecule has 2 heterocycles. The average Bonchev–Trinajstić information content (AvgIpc) is 3.23. The fourth-order valence-corrected chi connectivity index (χ4v) is 5.60. The second kappa shape index (κ2) is 7.64. The summed E-state index contributed by atoms with van der Waals surface area (Å²) in [5.41, 5.74) is 0.529. The van der Waals surface area contributed by atoms with Crippen LogP contribution in [-0.4, -0.2) is 37.8 Å². The number of nitrogens with zero attached hydrogens (tertiary/aromatic N) is 1. The predicted molar refractivity (Wildman–Crippen MR) is 103 cm³/mol. The highest BCUT2D eigenvalue weighted by Crippen LogP contribution is 2.27. The Bertz CT molecular complexity index is 921. The summed E-state index contributed by atoms with van der Waals surface area (Å²) in [4.78, 5) is 12.7. The van der Waals surface area contributed by atoms with Crippen LogP contribution < -0.4 is 5.32 Å². The van der Waals surface area contributed by atoms with Crippen molar-refractivity contribution in [3.8, 4) is 0 Å². The van der Waals surface area contributed by atoms with Crippen LogP contribution in [0.5, 0.6) is 0 Å². The minimum atomic E-state index is -3.52. The van der Waals surface area contributed by atoms with Crippen molar-refractivity contribution < 1.29 is 17.6 Å². The van der Waals surface area contributed by atoms with Crippen LogP contribution in [-0.2, 0) is 10.0 Å². The van der Waals surface area contributed by atoms with Gasteiger partial charge in [0.25, 0.3) is 5.91 Å². The highest BCUT2D eigenvalue weighted by Gasteiger charge is 2.26. The summed E-state index contributed by atoms with van der Waals surface area (Å²) < 4.78 is 33.2. The molecule has 1 saturated carbocycles. The molecular formula is C20H26N2O4S. The van der Waals surface area contributed by atoms with Crippen LogP contribution in [0.1, 0.15) is 61.9 Å². The van der Waals surface area contributed by atoms with Gasteiger partial charge in [-0.2, -0.15) is 4.31 Å². The third-order valence-corrected chi connectivity index (χ3v) is 7.50. The molecule has 1 amide bonds. The maximum Gasteiger partial charge on any atom is 0.287 e. The molecule has 4 rings (SSSR count). The minimum absolute atomic E-state index is 0.213. The van der Waals surface area contributed by atoms with E-state index in [1.165, 1.54) is 0 Å². The largest absolute Gasteiger partial charge is 0.451 e. The van der Waals surface area contributed by atoms with Crippen LogP contribution >= 0.6 is 0 Å². The molecule has 2 aliphatic rings. The molecule has 1 aliphatic carbocycles. The van der Waals surface area contributed by atoms with Crippen molar-refractivity contribution in [1.29, 1.82) is 0 Å². The van der Waals surface area contributed by atoms with E-state index in [9.17, 15) is 13.2 Å². The van der Waals surface area contributed by atoms with E-state index >= 15 is 0 Å². The number of carbonyl (C=O) groups is 1. The third kappa shape index (κ3) is 3.89. The lowest BCUT2D eigenvalue weighted by atomic mass is 10.2. The number of fused-ring (bicyclic) bond motifs is 1. The lowest BCUT2D eigenvalue weighted by molar-refractivity contribution is 0.0912. The van der Waals surface area contributed by atoms with E-state index in [1.54, 1.807) is 28.6 Å². The van der Waals surface area contributed by atoms with E-state index in [1.807, 2.05) is 0 Å². The lowest BCUT2D eigenvalue weighted by Gasteiger charge is -2.19. The van der Waals surface area contributed by atoms with Gasteiger partial charge in [-0.3, -0.25) is 4.79 Å². The summed E-state index contributed by atoms with van der Waals surface area (Å²) >= 11 is 0. The van der Waals surface area contributed by atoms with Gasteiger partial charge in [-0.05, 0) is 49.9 Å². The number of rotatable bonds is 4. The molecule has 0 atom stereocenters. The molecule has 0 radical (unpaired) electrons. The minimum Gasteiger partial charge on any atom is -0.451 e. The smallest absolute Gasteiger partial charge is 0.287 e. The van der Waals surface area contributed by atoms with Crippen LogP contribution in [0, 0.1) is 0 Å². The second-order valence-corrected chi connectivity index (χ2v) is 9.52. The summed E-state index contributed by atoms with van der Waals surface area (Å²) in [5, 5.41) is 3.64. The molecule has 0 bridgehead atoms. The molecule has 0 spiro atoms. The van der Waals surface area contributed by atoms with E-state index in [0.29, 0.717) is 24.1 Å². The molecule has 7 heteroatoms. The molecule has 2 aromatic rings. The van der Waals surface area contributed by atoms with Gasteiger partial charge in [0.05, 0.1) is 4.90 Å². The van der Waals surface area contributed by atoms with Gasteiger partial charge in [-0.15, -0.1) is 0 Å². The SMILES string of the molecule is O=C(NC1CCCC1)c1cc2cc(S(=O)(=O)N3CCCCCC3)ccc2o1. The summed E-state index contributed by atoms with van der Waals surface area (Å²) in [7, 11) is -3.52. The number of furan rings is 1. The van der Waals surface area contributed by atoms with Crippen LogP contribution in [0.3, 0.4) is 0 Å². The van der Waals surface area contributed by atoms with Crippen molar-refractivity contribution in [3.63, 3.8) is 0 Å². The number of hydrogen-bond donors (Lipinski definition) is 1. The zero-order chi connectivity index (χ0) is 18.9. The summed E-state index contributed by atoms with van der Waals surface area (Å²) in [6, 6.07) is 6.69. The fraction of sp³-hybridized carbons (Fsp3) is 0.550. The van der Waals surface area contributed by atoms with Crippen molar-refractivity contribution >= 4 is 26.9 Å². The molecule has 27 heavy (non-hydrogen) atoms. The monoisotopic (exact) mass is 390 g/mol. The summed E-state index contributed by atoms with van der Waals surface area (Å²) in [6.07, 6.45) is 8.25. The van der Waals surface area contributed by atoms with Crippen molar-refractivity contribution in [2.24, 2.45) is 0 Å². The lowest BCUT2D eigenvalue weighted by Crippen LogP contribution is -2.32. The van der Waals surface area contributed by atoms with Crippen LogP contribution in [0.2, 0.25) is 0 Å². The molecule has 1 saturated heterocycles. The van der Waals surface area contributed by atoms with Crippen LogP contribution in [0.25, 0.3) is 11.0 Å². The highest BCUT2D eigenvalue weighted by molar-refractivity contribution is 7.89. The standard InChI is InChI=1S/C20H26N2O4S/c23-20(21-16-7-3-4-8-16)19-14-15-13-17(9-10-18(15)26-19)27(24,25)22-11-5-1-2-6-12-22/h9-10,13-14,16H,1-8,11-12H2,(H,21,23). The first-order valence-electron chi connectivity index (χ1n) is 9.89. The van der Waals surface area contributed by atoms with Gasteiger partial charge in [-0.1, -0.05) is 25.7 Å². The first-order chi connectivity index (χ1) is 13.0. The Balaban J connectivity index is 1.57. The quantitative estimate of drug-likeness (QED) is 0.864. The van der Waals surface area contributed by atoms with Crippen molar-refractivity contribution in [2.75, 3.05) is 13.1 Å².